The second-order valence-corrected chi connectivity index (χ2v) is 5.61. The molecule has 1 atom stereocenters. The van der Waals surface area contributed by atoms with Crippen molar-refractivity contribution >= 4 is 29.6 Å². The lowest BCUT2D eigenvalue weighted by Crippen LogP contribution is -2.46. The molecule has 0 saturated heterocycles. The fraction of sp³-hybridized carbons (Fsp3) is 0.353. The molecule has 0 aliphatic carbocycles. The van der Waals surface area contributed by atoms with Gasteiger partial charge in [0.15, 0.2) is 0 Å². The number of rotatable bonds is 6. The second kappa shape index (κ2) is 8.53. The monoisotopic (exact) mass is 366 g/mol. The Bertz CT molecular complexity index is 699. The van der Waals surface area contributed by atoms with E-state index in [-0.39, 0.29) is 30.9 Å². The largest absolute Gasteiger partial charge is 0.466 e. The second-order valence-electron chi connectivity index (χ2n) is 5.18. The number of urea groups is 1. The highest BCUT2D eigenvalue weighted by molar-refractivity contribution is 6.30. The molecule has 1 aromatic carbocycles. The van der Waals surface area contributed by atoms with E-state index in [1.807, 2.05) is 0 Å². The van der Waals surface area contributed by atoms with Gasteiger partial charge in [0, 0.05) is 10.7 Å². The fourth-order valence-electron chi connectivity index (χ4n) is 2.47. The number of hydrogen-bond donors (Lipinski definition) is 2. The number of amides is 2. The first-order valence-corrected chi connectivity index (χ1v) is 8.22. The number of carbonyl (C=O) groups excluding carboxylic acids is 3. The number of hydrogen-bond acceptors (Lipinski definition) is 5. The highest BCUT2D eigenvalue weighted by Crippen LogP contribution is 2.29. The van der Waals surface area contributed by atoms with Crippen molar-refractivity contribution in [3.05, 3.63) is 46.1 Å². The Morgan fingerprint density at radius 2 is 1.76 bits per heavy atom. The van der Waals surface area contributed by atoms with Crippen molar-refractivity contribution in [1.82, 2.24) is 10.6 Å². The maximum Gasteiger partial charge on any atom is 0.338 e. The molecule has 0 aromatic heterocycles. The van der Waals surface area contributed by atoms with Crippen molar-refractivity contribution in [2.75, 3.05) is 13.2 Å². The van der Waals surface area contributed by atoms with Gasteiger partial charge in [0.2, 0.25) is 0 Å². The van der Waals surface area contributed by atoms with Gasteiger partial charge in [0.25, 0.3) is 0 Å². The number of halogens is 1. The minimum Gasteiger partial charge on any atom is -0.466 e. The van der Waals surface area contributed by atoms with Gasteiger partial charge in [-0.3, -0.25) is 4.79 Å². The fourth-order valence-corrected chi connectivity index (χ4v) is 2.59. The minimum atomic E-state index is -0.755. The van der Waals surface area contributed by atoms with Crippen molar-refractivity contribution in [3.63, 3.8) is 0 Å². The highest BCUT2D eigenvalue weighted by Gasteiger charge is 2.34. The molecule has 0 bridgehead atoms. The third-order valence-electron chi connectivity index (χ3n) is 3.48. The van der Waals surface area contributed by atoms with Crippen LogP contribution < -0.4 is 10.6 Å². The summed E-state index contributed by atoms with van der Waals surface area (Å²) in [6.45, 7) is 3.72. The van der Waals surface area contributed by atoms with Crippen molar-refractivity contribution < 1.29 is 23.9 Å². The van der Waals surface area contributed by atoms with Crippen LogP contribution in [0, 0.1) is 0 Å². The summed E-state index contributed by atoms with van der Waals surface area (Å²) < 4.78 is 10.0. The SMILES string of the molecule is CCOC(=O)CC1=C(C(=O)OCC)C(c2ccc(Cl)cc2)NC(=O)N1. The van der Waals surface area contributed by atoms with E-state index < -0.39 is 24.0 Å². The molecule has 134 valence electrons. The molecular formula is C17H19ClN2O5. The summed E-state index contributed by atoms with van der Waals surface area (Å²) in [5.74, 6) is -1.16. The van der Waals surface area contributed by atoms with Crippen LogP contribution in [-0.4, -0.2) is 31.2 Å². The van der Waals surface area contributed by atoms with E-state index in [4.69, 9.17) is 21.1 Å². The van der Waals surface area contributed by atoms with E-state index >= 15 is 0 Å². The smallest absolute Gasteiger partial charge is 0.338 e. The highest BCUT2D eigenvalue weighted by atomic mass is 35.5. The number of benzene rings is 1. The zero-order chi connectivity index (χ0) is 18.4. The van der Waals surface area contributed by atoms with Crippen LogP contribution in [0.25, 0.3) is 0 Å². The van der Waals surface area contributed by atoms with Crippen molar-refractivity contribution in [2.45, 2.75) is 26.3 Å². The van der Waals surface area contributed by atoms with Gasteiger partial charge in [-0.15, -0.1) is 0 Å². The average molecular weight is 367 g/mol. The van der Waals surface area contributed by atoms with E-state index in [0.717, 1.165) is 0 Å². The number of esters is 2. The van der Waals surface area contributed by atoms with E-state index in [1.54, 1.807) is 38.1 Å². The van der Waals surface area contributed by atoms with Gasteiger partial charge in [-0.25, -0.2) is 9.59 Å². The van der Waals surface area contributed by atoms with Crippen LogP contribution in [0.2, 0.25) is 5.02 Å². The van der Waals surface area contributed by atoms with E-state index in [2.05, 4.69) is 10.6 Å². The van der Waals surface area contributed by atoms with Gasteiger partial charge in [-0.05, 0) is 31.5 Å². The molecule has 0 spiro atoms. The number of ether oxygens (including phenoxy) is 2. The summed E-state index contributed by atoms with van der Waals surface area (Å²) in [4.78, 5) is 36.3. The molecule has 1 aromatic rings. The van der Waals surface area contributed by atoms with Crippen LogP contribution >= 0.6 is 11.6 Å². The predicted octanol–water partition coefficient (Wildman–Crippen LogP) is 2.46. The quantitative estimate of drug-likeness (QED) is 0.754. The van der Waals surface area contributed by atoms with Crippen LogP contribution in [0.1, 0.15) is 31.9 Å². The van der Waals surface area contributed by atoms with Gasteiger partial charge in [0.05, 0.1) is 31.2 Å². The van der Waals surface area contributed by atoms with Crippen molar-refractivity contribution in [3.8, 4) is 0 Å². The summed E-state index contributed by atoms with van der Waals surface area (Å²) >= 11 is 5.90. The summed E-state index contributed by atoms with van der Waals surface area (Å²) in [6, 6.07) is 5.42. The van der Waals surface area contributed by atoms with E-state index in [9.17, 15) is 14.4 Å². The third-order valence-corrected chi connectivity index (χ3v) is 3.73. The molecule has 2 amide bonds. The van der Waals surface area contributed by atoms with Gasteiger partial charge in [0.1, 0.15) is 0 Å². The molecule has 1 aliphatic rings. The van der Waals surface area contributed by atoms with Gasteiger partial charge >= 0.3 is 18.0 Å². The maximum absolute atomic E-state index is 12.5. The van der Waals surface area contributed by atoms with Crippen LogP contribution in [0.5, 0.6) is 0 Å². The zero-order valence-corrected chi connectivity index (χ0v) is 14.7. The predicted molar refractivity (Wildman–Crippen MR) is 90.8 cm³/mol. The van der Waals surface area contributed by atoms with Crippen LogP contribution in [-0.2, 0) is 19.1 Å². The Labute approximate surface area is 150 Å². The molecule has 7 nitrogen and oxygen atoms in total. The topological polar surface area (TPSA) is 93.7 Å². The molecular weight excluding hydrogens is 348 g/mol. The van der Waals surface area contributed by atoms with Crippen molar-refractivity contribution in [2.24, 2.45) is 0 Å². The van der Waals surface area contributed by atoms with Gasteiger partial charge < -0.3 is 20.1 Å². The Morgan fingerprint density at radius 1 is 1.12 bits per heavy atom. The molecule has 1 unspecified atom stereocenters. The molecule has 2 rings (SSSR count). The first kappa shape index (κ1) is 18.8. The van der Waals surface area contributed by atoms with Crippen LogP contribution in [0.4, 0.5) is 4.79 Å². The lowest BCUT2D eigenvalue weighted by Gasteiger charge is -2.29. The van der Waals surface area contributed by atoms with Crippen LogP contribution in [0.15, 0.2) is 35.5 Å². The molecule has 0 fully saturated rings. The van der Waals surface area contributed by atoms with Gasteiger partial charge in [-0.2, -0.15) is 0 Å². The number of carbonyl (C=O) groups is 3. The lowest BCUT2D eigenvalue weighted by atomic mass is 9.94. The van der Waals surface area contributed by atoms with Crippen molar-refractivity contribution in [1.29, 1.82) is 0 Å². The Balaban J connectivity index is 2.46. The first-order chi connectivity index (χ1) is 12.0. The normalized spacial score (nSPS) is 16.8. The molecule has 2 N–H and O–H groups in total. The summed E-state index contributed by atoms with van der Waals surface area (Å²) in [6.07, 6.45) is -0.237. The third kappa shape index (κ3) is 4.73. The Hall–Kier alpha value is -2.54. The minimum absolute atomic E-state index is 0.163. The zero-order valence-electron chi connectivity index (χ0n) is 13.9. The summed E-state index contributed by atoms with van der Waals surface area (Å²) in [5, 5.41) is 5.71. The molecule has 0 saturated carbocycles. The van der Waals surface area contributed by atoms with E-state index in [1.165, 1.54) is 0 Å². The van der Waals surface area contributed by atoms with Gasteiger partial charge in [-0.1, -0.05) is 23.7 Å². The summed E-state index contributed by atoms with van der Waals surface area (Å²) in [5.41, 5.74) is 0.973. The molecule has 1 aliphatic heterocycles. The number of nitrogens with one attached hydrogen (secondary N) is 2. The molecule has 0 radical (unpaired) electrons. The Morgan fingerprint density at radius 3 is 2.36 bits per heavy atom. The molecule has 1 heterocycles. The Kier molecular flexibility index (Phi) is 6.41. The first-order valence-electron chi connectivity index (χ1n) is 7.85. The average Bonchev–Trinajstić information content (AvgIpc) is 2.55. The molecule has 25 heavy (non-hydrogen) atoms. The summed E-state index contributed by atoms with van der Waals surface area (Å²) in [7, 11) is 0. The van der Waals surface area contributed by atoms with Crippen LogP contribution in [0.3, 0.4) is 0 Å². The van der Waals surface area contributed by atoms with E-state index in [0.29, 0.717) is 10.6 Å². The standard InChI is InChI=1S/C17H19ClN2O5/c1-3-24-13(21)9-12-14(16(22)25-4-2)15(20-17(23)19-12)10-5-7-11(18)8-6-10/h5-8,15H,3-4,9H2,1-2H3,(H2,19,20,23). The maximum atomic E-state index is 12.5. The molecule has 8 heteroatoms. The lowest BCUT2D eigenvalue weighted by molar-refractivity contribution is -0.142.